The molecule has 6 heteroatoms. The Kier molecular flexibility index (Phi) is 5.79. The Bertz CT molecular complexity index is 1130. The number of benzene rings is 2. The molecule has 1 aliphatic heterocycles. The summed E-state index contributed by atoms with van der Waals surface area (Å²) in [6.07, 6.45) is 2.91. The number of hydrogen-bond acceptors (Lipinski definition) is 5. The summed E-state index contributed by atoms with van der Waals surface area (Å²) in [5, 5.41) is 7.68. The van der Waals surface area contributed by atoms with Crippen LogP contribution in [-0.2, 0) is 19.4 Å². The Hall–Kier alpha value is -2.99. The SMILES string of the molecule is CCOc1cc([C@@H]2NC(=O)c3c(sc4c3CC[C@H](C)C4)N2)ccc1OCc1ccccc1. The fourth-order valence-electron chi connectivity index (χ4n) is 4.46. The molecule has 5 nitrogen and oxygen atoms in total. The summed E-state index contributed by atoms with van der Waals surface area (Å²) in [5.41, 5.74) is 4.13. The van der Waals surface area contributed by atoms with E-state index in [4.69, 9.17) is 9.47 Å². The fourth-order valence-corrected chi connectivity index (χ4v) is 5.89. The Morgan fingerprint density at radius 3 is 2.72 bits per heavy atom. The third-order valence-corrected chi connectivity index (χ3v) is 7.31. The number of carbonyl (C=O) groups is 1. The standard InChI is InChI=1S/C26H28N2O3S/c1-3-30-21-14-18(10-12-20(21)31-15-17-7-5-4-6-8-17)24-27-25(29)23-19-11-9-16(2)13-22(19)32-26(23)28-24/h4-8,10,12,14,16,24,28H,3,9,11,13,15H2,1-2H3,(H,27,29)/t16-,24+/m0/s1. The Morgan fingerprint density at radius 2 is 1.91 bits per heavy atom. The van der Waals surface area contributed by atoms with Crippen molar-refractivity contribution in [3.05, 3.63) is 75.7 Å². The van der Waals surface area contributed by atoms with Gasteiger partial charge < -0.3 is 20.1 Å². The first-order valence-corrected chi connectivity index (χ1v) is 12.1. The van der Waals surface area contributed by atoms with Gasteiger partial charge in [0.05, 0.1) is 12.2 Å². The molecule has 0 spiro atoms. The first-order valence-electron chi connectivity index (χ1n) is 11.3. The number of carbonyl (C=O) groups excluding carboxylic acids is 1. The summed E-state index contributed by atoms with van der Waals surface area (Å²) in [4.78, 5) is 14.4. The molecule has 1 amide bonds. The molecule has 0 fully saturated rings. The summed E-state index contributed by atoms with van der Waals surface area (Å²) in [5.74, 6) is 2.07. The molecule has 166 valence electrons. The maximum absolute atomic E-state index is 13.0. The zero-order valence-electron chi connectivity index (χ0n) is 18.4. The van der Waals surface area contributed by atoms with Crippen molar-refractivity contribution in [3.8, 4) is 11.5 Å². The molecule has 2 N–H and O–H groups in total. The van der Waals surface area contributed by atoms with Crippen LogP contribution >= 0.6 is 11.3 Å². The molecule has 2 atom stereocenters. The van der Waals surface area contributed by atoms with Crippen molar-refractivity contribution in [1.82, 2.24) is 5.32 Å². The lowest BCUT2D eigenvalue weighted by Crippen LogP contribution is -2.38. The number of thiophene rings is 1. The number of amides is 1. The molecule has 5 rings (SSSR count). The minimum absolute atomic E-state index is 0.0122. The second kappa shape index (κ2) is 8.87. The molecule has 2 heterocycles. The second-order valence-corrected chi connectivity index (χ2v) is 9.63. The third-order valence-electron chi connectivity index (χ3n) is 6.13. The van der Waals surface area contributed by atoms with Gasteiger partial charge in [-0.05, 0) is 60.9 Å². The predicted molar refractivity (Wildman–Crippen MR) is 128 cm³/mol. The number of anilines is 1. The molecule has 1 aliphatic carbocycles. The van der Waals surface area contributed by atoms with E-state index in [1.54, 1.807) is 11.3 Å². The highest BCUT2D eigenvalue weighted by Crippen LogP contribution is 2.43. The Morgan fingerprint density at radius 1 is 1.06 bits per heavy atom. The van der Waals surface area contributed by atoms with Crippen LogP contribution in [0.5, 0.6) is 11.5 Å². The molecular formula is C26H28N2O3S. The Balaban J connectivity index is 1.38. The van der Waals surface area contributed by atoms with E-state index in [1.807, 2.05) is 55.5 Å². The first-order chi connectivity index (χ1) is 15.6. The highest BCUT2D eigenvalue weighted by molar-refractivity contribution is 7.16. The maximum atomic E-state index is 13.0. The monoisotopic (exact) mass is 448 g/mol. The van der Waals surface area contributed by atoms with E-state index in [2.05, 4.69) is 17.6 Å². The van der Waals surface area contributed by atoms with Crippen molar-refractivity contribution < 1.29 is 14.3 Å². The van der Waals surface area contributed by atoms with Crippen LogP contribution in [0.4, 0.5) is 5.00 Å². The zero-order chi connectivity index (χ0) is 22.1. The van der Waals surface area contributed by atoms with Gasteiger partial charge in [-0.1, -0.05) is 43.3 Å². The van der Waals surface area contributed by atoms with Crippen molar-refractivity contribution in [2.45, 2.75) is 45.9 Å². The molecule has 0 unspecified atom stereocenters. The minimum Gasteiger partial charge on any atom is -0.490 e. The molecule has 0 bridgehead atoms. The molecular weight excluding hydrogens is 420 g/mol. The van der Waals surface area contributed by atoms with E-state index in [0.29, 0.717) is 30.6 Å². The van der Waals surface area contributed by atoms with E-state index in [-0.39, 0.29) is 12.1 Å². The normalized spacial score (nSPS) is 19.4. The van der Waals surface area contributed by atoms with Gasteiger partial charge in [0.1, 0.15) is 17.8 Å². The van der Waals surface area contributed by atoms with Gasteiger partial charge in [-0.2, -0.15) is 0 Å². The third kappa shape index (κ3) is 4.07. The Labute approximate surface area is 192 Å². The van der Waals surface area contributed by atoms with E-state index in [1.165, 1.54) is 10.4 Å². The molecule has 0 saturated carbocycles. The van der Waals surface area contributed by atoms with Crippen LogP contribution in [-0.4, -0.2) is 12.5 Å². The minimum atomic E-state index is -0.296. The van der Waals surface area contributed by atoms with Crippen molar-refractivity contribution in [2.75, 3.05) is 11.9 Å². The second-order valence-electron chi connectivity index (χ2n) is 8.52. The van der Waals surface area contributed by atoms with Crippen molar-refractivity contribution >= 4 is 22.2 Å². The van der Waals surface area contributed by atoms with Gasteiger partial charge in [0, 0.05) is 4.88 Å². The number of hydrogen-bond donors (Lipinski definition) is 2. The van der Waals surface area contributed by atoms with Crippen LogP contribution in [0.25, 0.3) is 0 Å². The smallest absolute Gasteiger partial charge is 0.256 e. The first kappa shape index (κ1) is 20.9. The quantitative estimate of drug-likeness (QED) is 0.507. The number of rotatable bonds is 6. The molecule has 3 aromatic rings. The summed E-state index contributed by atoms with van der Waals surface area (Å²) < 4.78 is 11.9. The molecule has 2 aliphatic rings. The summed E-state index contributed by atoms with van der Waals surface area (Å²) >= 11 is 1.74. The van der Waals surface area contributed by atoms with Crippen LogP contribution in [0.2, 0.25) is 0 Å². The predicted octanol–water partition coefficient (Wildman–Crippen LogP) is 5.70. The van der Waals surface area contributed by atoms with Crippen LogP contribution in [0.15, 0.2) is 48.5 Å². The van der Waals surface area contributed by atoms with Crippen molar-refractivity contribution in [1.29, 1.82) is 0 Å². The lowest BCUT2D eigenvalue weighted by Gasteiger charge is -2.27. The average Bonchev–Trinajstić information content (AvgIpc) is 3.17. The molecule has 2 aromatic carbocycles. The maximum Gasteiger partial charge on any atom is 0.256 e. The summed E-state index contributed by atoms with van der Waals surface area (Å²) in [6.45, 7) is 5.25. The van der Waals surface area contributed by atoms with Gasteiger partial charge in [0.15, 0.2) is 11.5 Å². The van der Waals surface area contributed by atoms with E-state index in [0.717, 1.165) is 41.0 Å². The van der Waals surface area contributed by atoms with Crippen molar-refractivity contribution in [3.63, 3.8) is 0 Å². The van der Waals surface area contributed by atoms with Crippen LogP contribution in [0.1, 0.15) is 58.4 Å². The lowest BCUT2D eigenvalue weighted by molar-refractivity contribution is 0.0935. The molecule has 32 heavy (non-hydrogen) atoms. The number of ether oxygens (including phenoxy) is 2. The van der Waals surface area contributed by atoms with E-state index < -0.39 is 0 Å². The summed E-state index contributed by atoms with van der Waals surface area (Å²) in [7, 11) is 0. The largest absolute Gasteiger partial charge is 0.490 e. The van der Waals surface area contributed by atoms with Gasteiger partial charge in [0.2, 0.25) is 0 Å². The number of nitrogens with one attached hydrogen (secondary N) is 2. The highest BCUT2D eigenvalue weighted by Gasteiger charge is 2.33. The van der Waals surface area contributed by atoms with Crippen LogP contribution < -0.4 is 20.1 Å². The number of fused-ring (bicyclic) bond motifs is 3. The topological polar surface area (TPSA) is 59.6 Å². The average molecular weight is 449 g/mol. The zero-order valence-corrected chi connectivity index (χ0v) is 19.3. The van der Waals surface area contributed by atoms with Gasteiger partial charge in [0.25, 0.3) is 5.91 Å². The van der Waals surface area contributed by atoms with Gasteiger partial charge in [-0.15, -0.1) is 11.3 Å². The van der Waals surface area contributed by atoms with E-state index >= 15 is 0 Å². The van der Waals surface area contributed by atoms with Crippen LogP contribution in [0, 0.1) is 5.92 Å². The van der Waals surface area contributed by atoms with Gasteiger partial charge in [-0.3, -0.25) is 4.79 Å². The van der Waals surface area contributed by atoms with Crippen molar-refractivity contribution in [2.24, 2.45) is 5.92 Å². The molecule has 0 radical (unpaired) electrons. The fraction of sp³-hybridized carbons (Fsp3) is 0.346. The molecule has 0 saturated heterocycles. The van der Waals surface area contributed by atoms with Crippen LogP contribution in [0.3, 0.4) is 0 Å². The van der Waals surface area contributed by atoms with E-state index in [9.17, 15) is 4.79 Å². The molecule has 1 aromatic heterocycles. The van der Waals surface area contributed by atoms with Gasteiger partial charge in [-0.25, -0.2) is 0 Å². The lowest BCUT2D eigenvalue weighted by atomic mass is 9.88. The summed E-state index contributed by atoms with van der Waals surface area (Å²) in [6, 6.07) is 15.9. The highest BCUT2D eigenvalue weighted by atomic mass is 32.1. The van der Waals surface area contributed by atoms with Gasteiger partial charge >= 0.3 is 0 Å².